The van der Waals surface area contributed by atoms with E-state index in [1.54, 1.807) is 0 Å². The monoisotopic (exact) mass is 297 g/mol. The van der Waals surface area contributed by atoms with Crippen molar-refractivity contribution >= 4 is 21.6 Å². The molecule has 1 fully saturated rings. The summed E-state index contributed by atoms with van der Waals surface area (Å²) in [6.45, 7) is 0.829. The smallest absolute Gasteiger partial charge is 0.121 e. The molecule has 0 N–H and O–H groups in total. The van der Waals surface area contributed by atoms with Crippen molar-refractivity contribution in [2.75, 3.05) is 30.9 Å². The Balaban J connectivity index is 1.96. The molecule has 0 saturated heterocycles. The van der Waals surface area contributed by atoms with E-state index in [1.165, 1.54) is 24.9 Å². The molecule has 1 aliphatic rings. The molecular formula is C14H20BrNO. The third-order valence-electron chi connectivity index (χ3n) is 3.58. The van der Waals surface area contributed by atoms with Crippen molar-refractivity contribution in [3.63, 3.8) is 0 Å². The molecule has 94 valence electrons. The summed E-state index contributed by atoms with van der Waals surface area (Å²) >= 11 is 3.61. The maximum atomic E-state index is 5.94. The van der Waals surface area contributed by atoms with E-state index in [0.717, 1.165) is 17.7 Å². The summed E-state index contributed by atoms with van der Waals surface area (Å²) in [6.07, 6.45) is 3.91. The van der Waals surface area contributed by atoms with Crippen molar-refractivity contribution in [3.05, 3.63) is 24.3 Å². The highest BCUT2D eigenvalue weighted by Crippen LogP contribution is 2.42. The molecular weight excluding hydrogens is 278 g/mol. The van der Waals surface area contributed by atoms with Crippen LogP contribution in [0.3, 0.4) is 0 Å². The quantitative estimate of drug-likeness (QED) is 0.769. The van der Waals surface area contributed by atoms with E-state index in [9.17, 15) is 0 Å². The van der Waals surface area contributed by atoms with Crippen LogP contribution in [0, 0.1) is 5.41 Å². The Morgan fingerprint density at radius 1 is 1.35 bits per heavy atom. The van der Waals surface area contributed by atoms with E-state index < -0.39 is 0 Å². The van der Waals surface area contributed by atoms with Crippen molar-refractivity contribution in [1.82, 2.24) is 0 Å². The fraction of sp³-hybridized carbons (Fsp3) is 0.571. The van der Waals surface area contributed by atoms with Crippen LogP contribution in [0.25, 0.3) is 0 Å². The van der Waals surface area contributed by atoms with Gasteiger partial charge in [-0.05, 0) is 25.0 Å². The summed E-state index contributed by atoms with van der Waals surface area (Å²) < 4.78 is 5.94. The molecule has 2 rings (SSSR count). The Labute approximate surface area is 112 Å². The van der Waals surface area contributed by atoms with Gasteiger partial charge in [-0.1, -0.05) is 28.4 Å². The summed E-state index contributed by atoms with van der Waals surface area (Å²) in [5.74, 6) is 0.975. The van der Waals surface area contributed by atoms with Gasteiger partial charge in [0, 0.05) is 36.6 Å². The van der Waals surface area contributed by atoms with E-state index >= 15 is 0 Å². The first-order chi connectivity index (χ1) is 8.15. The first-order valence-corrected chi connectivity index (χ1v) is 7.24. The van der Waals surface area contributed by atoms with E-state index in [0.29, 0.717) is 5.41 Å². The highest BCUT2D eigenvalue weighted by Gasteiger charge is 2.36. The summed E-state index contributed by atoms with van der Waals surface area (Å²) in [4.78, 5) is 2.09. The lowest BCUT2D eigenvalue weighted by molar-refractivity contribution is 0.0838. The number of hydrogen-bond donors (Lipinski definition) is 0. The maximum absolute atomic E-state index is 5.94. The van der Waals surface area contributed by atoms with Gasteiger partial charge in [0.2, 0.25) is 0 Å². The predicted octanol–water partition coefficient (Wildman–Crippen LogP) is 3.70. The van der Waals surface area contributed by atoms with Crippen LogP contribution in [0.1, 0.15) is 19.3 Å². The van der Waals surface area contributed by atoms with Gasteiger partial charge in [0.05, 0.1) is 6.61 Å². The largest absolute Gasteiger partial charge is 0.493 e. The zero-order chi connectivity index (χ0) is 12.3. The normalized spacial score (nSPS) is 17.4. The van der Waals surface area contributed by atoms with Gasteiger partial charge in [0.15, 0.2) is 0 Å². The second-order valence-electron chi connectivity index (χ2n) is 5.17. The van der Waals surface area contributed by atoms with Crippen molar-refractivity contribution < 1.29 is 4.74 Å². The number of nitrogens with zero attached hydrogens (tertiary/aromatic N) is 1. The second-order valence-corrected chi connectivity index (χ2v) is 5.73. The second kappa shape index (κ2) is 5.30. The molecule has 0 unspecified atom stereocenters. The third-order valence-corrected chi connectivity index (χ3v) is 4.77. The molecule has 17 heavy (non-hydrogen) atoms. The number of alkyl halides is 1. The van der Waals surface area contributed by atoms with Gasteiger partial charge in [0.25, 0.3) is 0 Å². The molecule has 0 aliphatic heterocycles. The average Bonchev–Trinajstić information content (AvgIpc) is 2.28. The molecule has 0 bridgehead atoms. The van der Waals surface area contributed by atoms with Crippen LogP contribution < -0.4 is 9.64 Å². The van der Waals surface area contributed by atoms with Gasteiger partial charge in [-0.2, -0.15) is 0 Å². The van der Waals surface area contributed by atoms with Gasteiger partial charge in [-0.3, -0.25) is 0 Å². The van der Waals surface area contributed by atoms with Gasteiger partial charge in [0.1, 0.15) is 5.75 Å². The van der Waals surface area contributed by atoms with Crippen LogP contribution in [-0.2, 0) is 0 Å². The lowest BCUT2D eigenvalue weighted by Crippen LogP contribution is -2.37. The molecule has 2 nitrogen and oxygen atoms in total. The van der Waals surface area contributed by atoms with Crippen LogP contribution in [0.5, 0.6) is 5.75 Å². The van der Waals surface area contributed by atoms with E-state index in [4.69, 9.17) is 4.74 Å². The fourth-order valence-corrected chi connectivity index (χ4v) is 2.80. The third kappa shape index (κ3) is 2.95. The topological polar surface area (TPSA) is 12.5 Å². The average molecular weight is 298 g/mol. The zero-order valence-electron chi connectivity index (χ0n) is 10.6. The molecule has 1 saturated carbocycles. The molecule has 3 heteroatoms. The molecule has 0 atom stereocenters. The zero-order valence-corrected chi connectivity index (χ0v) is 12.2. The van der Waals surface area contributed by atoms with Crippen LogP contribution in [0.4, 0.5) is 5.69 Å². The highest BCUT2D eigenvalue weighted by molar-refractivity contribution is 9.09. The summed E-state index contributed by atoms with van der Waals surface area (Å²) in [5, 5.41) is 1.05. The Kier molecular flexibility index (Phi) is 3.97. The minimum absolute atomic E-state index is 0.383. The number of halogens is 1. The van der Waals surface area contributed by atoms with Crippen LogP contribution in [0.15, 0.2) is 24.3 Å². The highest BCUT2D eigenvalue weighted by atomic mass is 79.9. The summed E-state index contributed by atoms with van der Waals surface area (Å²) in [7, 11) is 4.09. The summed E-state index contributed by atoms with van der Waals surface area (Å²) in [5.41, 5.74) is 1.57. The first kappa shape index (κ1) is 12.7. The van der Waals surface area contributed by atoms with E-state index in [-0.39, 0.29) is 0 Å². The lowest BCUT2D eigenvalue weighted by Gasteiger charge is -2.40. The van der Waals surface area contributed by atoms with Gasteiger partial charge >= 0.3 is 0 Å². The van der Waals surface area contributed by atoms with Crippen LogP contribution in [0.2, 0.25) is 0 Å². The summed E-state index contributed by atoms with van der Waals surface area (Å²) in [6, 6.07) is 8.27. The van der Waals surface area contributed by atoms with Crippen LogP contribution in [-0.4, -0.2) is 26.0 Å². The Morgan fingerprint density at radius 3 is 2.65 bits per heavy atom. The van der Waals surface area contributed by atoms with Crippen molar-refractivity contribution in [2.24, 2.45) is 5.41 Å². The number of rotatable bonds is 5. The molecule has 1 aromatic carbocycles. The molecule has 0 spiro atoms. The Morgan fingerprint density at radius 2 is 2.12 bits per heavy atom. The Bertz CT molecular complexity index is 369. The molecule has 1 aromatic rings. The fourth-order valence-electron chi connectivity index (χ4n) is 2.08. The Hall–Kier alpha value is -0.700. The maximum Gasteiger partial charge on any atom is 0.121 e. The minimum Gasteiger partial charge on any atom is -0.493 e. The number of ether oxygens (including phenoxy) is 1. The SMILES string of the molecule is CN(C)c1cccc(OCC2(CBr)CCC2)c1. The van der Waals surface area contributed by atoms with Crippen molar-refractivity contribution in [2.45, 2.75) is 19.3 Å². The van der Waals surface area contributed by atoms with Crippen molar-refractivity contribution in [3.8, 4) is 5.75 Å². The standard InChI is InChI=1S/C14H20BrNO/c1-16(2)12-5-3-6-13(9-12)17-11-14(10-15)7-4-8-14/h3,5-6,9H,4,7-8,10-11H2,1-2H3. The molecule has 0 heterocycles. The minimum atomic E-state index is 0.383. The first-order valence-electron chi connectivity index (χ1n) is 6.11. The van der Waals surface area contributed by atoms with Crippen LogP contribution >= 0.6 is 15.9 Å². The van der Waals surface area contributed by atoms with Gasteiger partial charge in [-0.15, -0.1) is 0 Å². The van der Waals surface area contributed by atoms with Gasteiger partial charge in [-0.25, -0.2) is 0 Å². The van der Waals surface area contributed by atoms with E-state index in [2.05, 4.69) is 33.0 Å². The molecule has 1 aliphatic carbocycles. The molecule has 0 aromatic heterocycles. The predicted molar refractivity (Wildman–Crippen MR) is 76.3 cm³/mol. The number of anilines is 1. The molecule has 0 radical (unpaired) electrons. The molecule has 0 amide bonds. The number of hydrogen-bond acceptors (Lipinski definition) is 2. The van der Waals surface area contributed by atoms with E-state index in [1.807, 2.05) is 26.2 Å². The number of benzene rings is 1. The van der Waals surface area contributed by atoms with Crippen molar-refractivity contribution in [1.29, 1.82) is 0 Å². The van der Waals surface area contributed by atoms with Gasteiger partial charge < -0.3 is 9.64 Å². The lowest BCUT2D eigenvalue weighted by atomic mass is 9.71.